The molecular formula is C9H9NO3. The zero-order valence-electron chi connectivity index (χ0n) is 7.14. The largest absolute Gasteiger partial charge is 0.466 e. The van der Waals surface area contributed by atoms with E-state index in [2.05, 4.69) is 4.74 Å². The number of carbonyl (C=O) groups is 1. The van der Waals surface area contributed by atoms with Gasteiger partial charge in [0.15, 0.2) is 5.43 Å². The summed E-state index contributed by atoms with van der Waals surface area (Å²) < 4.78 is 5.98. The predicted molar refractivity (Wildman–Crippen MR) is 48.0 cm³/mol. The number of nitrogens with zero attached hydrogens (tertiary/aromatic N) is 1. The molecule has 0 saturated heterocycles. The highest BCUT2D eigenvalue weighted by molar-refractivity contribution is 5.84. The molecular weight excluding hydrogens is 170 g/mol. The summed E-state index contributed by atoms with van der Waals surface area (Å²) in [5.41, 5.74) is -0.0669. The number of hydrogen-bond acceptors (Lipinski definition) is 3. The van der Waals surface area contributed by atoms with Crippen LogP contribution >= 0.6 is 0 Å². The molecule has 0 aliphatic heterocycles. The van der Waals surface area contributed by atoms with E-state index in [9.17, 15) is 9.59 Å². The van der Waals surface area contributed by atoms with Crippen LogP contribution in [0.3, 0.4) is 0 Å². The Hall–Kier alpha value is -1.84. The molecule has 68 valence electrons. The second-order valence-corrected chi connectivity index (χ2v) is 2.32. The van der Waals surface area contributed by atoms with Gasteiger partial charge in [-0.05, 0) is 0 Å². The van der Waals surface area contributed by atoms with Gasteiger partial charge in [0, 0.05) is 36.8 Å². The Balaban J connectivity index is 2.75. The van der Waals surface area contributed by atoms with Gasteiger partial charge >= 0.3 is 5.97 Å². The molecule has 1 rings (SSSR count). The van der Waals surface area contributed by atoms with Crippen molar-refractivity contribution in [3.8, 4) is 0 Å². The molecule has 0 N–H and O–H groups in total. The first-order valence-corrected chi connectivity index (χ1v) is 3.66. The maximum absolute atomic E-state index is 10.7. The molecule has 0 aliphatic rings. The number of aromatic nitrogens is 1. The molecule has 0 radical (unpaired) electrons. The Kier molecular flexibility index (Phi) is 3.03. The van der Waals surface area contributed by atoms with Crippen LogP contribution in [-0.4, -0.2) is 17.6 Å². The van der Waals surface area contributed by atoms with Crippen molar-refractivity contribution in [1.82, 2.24) is 4.57 Å². The molecule has 1 aromatic rings. The lowest BCUT2D eigenvalue weighted by atomic mass is 10.5. The molecule has 0 amide bonds. The Morgan fingerprint density at radius 2 is 2.08 bits per heavy atom. The topological polar surface area (TPSA) is 48.3 Å². The summed E-state index contributed by atoms with van der Waals surface area (Å²) in [5, 5.41) is 0. The van der Waals surface area contributed by atoms with Gasteiger partial charge in [-0.2, -0.15) is 0 Å². The van der Waals surface area contributed by atoms with Gasteiger partial charge < -0.3 is 9.30 Å². The van der Waals surface area contributed by atoms with Crippen molar-refractivity contribution in [1.29, 1.82) is 0 Å². The van der Waals surface area contributed by atoms with Crippen LogP contribution in [0.2, 0.25) is 0 Å². The van der Waals surface area contributed by atoms with E-state index in [4.69, 9.17) is 0 Å². The molecule has 4 heteroatoms. The zero-order chi connectivity index (χ0) is 9.68. The third-order valence-corrected chi connectivity index (χ3v) is 1.41. The summed E-state index contributed by atoms with van der Waals surface area (Å²) in [7, 11) is 1.30. The number of hydrogen-bond donors (Lipinski definition) is 0. The van der Waals surface area contributed by atoms with Crippen LogP contribution < -0.4 is 5.43 Å². The van der Waals surface area contributed by atoms with Gasteiger partial charge in [-0.1, -0.05) is 0 Å². The van der Waals surface area contributed by atoms with Crippen molar-refractivity contribution in [2.45, 2.75) is 0 Å². The average molecular weight is 179 g/mol. The molecule has 0 fully saturated rings. The predicted octanol–water partition coefficient (Wildman–Crippen LogP) is 0.492. The SMILES string of the molecule is COC(=O)C=Cn1ccc(=O)cc1. The van der Waals surface area contributed by atoms with Crippen LogP contribution in [-0.2, 0) is 9.53 Å². The van der Waals surface area contributed by atoms with Gasteiger partial charge in [0.2, 0.25) is 0 Å². The first kappa shape index (κ1) is 9.25. The monoisotopic (exact) mass is 179 g/mol. The summed E-state index contributed by atoms with van der Waals surface area (Å²) in [6.07, 6.45) is 5.89. The van der Waals surface area contributed by atoms with Crippen LogP contribution in [0.4, 0.5) is 0 Å². The maximum Gasteiger partial charge on any atom is 0.331 e. The van der Waals surface area contributed by atoms with E-state index in [1.807, 2.05) is 0 Å². The second-order valence-electron chi connectivity index (χ2n) is 2.32. The molecule has 0 aliphatic carbocycles. The van der Waals surface area contributed by atoms with E-state index in [0.29, 0.717) is 0 Å². The molecule has 0 saturated carbocycles. The van der Waals surface area contributed by atoms with Crippen LogP contribution in [0, 0.1) is 0 Å². The quantitative estimate of drug-likeness (QED) is 0.490. The van der Waals surface area contributed by atoms with Crippen molar-refractivity contribution in [3.63, 3.8) is 0 Å². The van der Waals surface area contributed by atoms with Crippen LogP contribution in [0.25, 0.3) is 6.20 Å². The van der Waals surface area contributed by atoms with Crippen molar-refractivity contribution >= 4 is 12.2 Å². The van der Waals surface area contributed by atoms with E-state index in [-0.39, 0.29) is 5.43 Å². The highest BCUT2D eigenvalue weighted by Crippen LogP contribution is 1.87. The number of carbonyl (C=O) groups excluding carboxylic acids is 1. The van der Waals surface area contributed by atoms with Crippen molar-refractivity contribution in [3.05, 3.63) is 40.8 Å². The highest BCUT2D eigenvalue weighted by Gasteiger charge is 1.89. The Morgan fingerprint density at radius 3 is 2.62 bits per heavy atom. The molecule has 0 bridgehead atoms. The Labute approximate surface area is 75.1 Å². The minimum Gasteiger partial charge on any atom is -0.466 e. The molecule has 13 heavy (non-hydrogen) atoms. The summed E-state index contributed by atoms with van der Waals surface area (Å²) in [5.74, 6) is -0.432. The summed E-state index contributed by atoms with van der Waals surface area (Å²) in [6.45, 7) is 0. The van der Waals surface area contributed by atoms with Gasteiger partial charge in [-0.25, -0.2) is 4.79 Å². The average Bonchev–Trinajstić information content (AvgIpc) is 2.16. The molecule has 1 aromatic heterocycles. The number of methoxy groups -OCH3 is 1. The van der Waals surface area contributed by atoms with E-state index >= 15 is 0 Å². The van der Waals surface area contributed by atoms with E-state index in [0.717, 1.165) is 0 Å². The van der Waals surface area contributed by atoms with Crippen molar-refractivity contribution in [2.24, 2.45) is 0 Å². The number of ether oxygens (including phenoxy) is 1. The Bertz CT molecular complexity index is 358. The first-order valence-electron chi connectivity index (χ1n) is 3.66. The van der Waals surface area contributed by atoms with Gasteiger partial charge in [-0.15, -0.1) is 0 Å². The second kappa shape index (κ2) is 4.25. The summed E-state index contributed by atoms with van der Waals surface area (Å²) in [6, 6.07) is 2.81. The lowest BCUT2D eigenvalue weighted by Gasteiger charge is -1.95. The molecule has 0 atom stereocenters. The molecule has 1 heterocycles. The standard InChI is InChI=1S/C9H9NO3/c1-13-9(12)4-7-10-5-2-8(11)3-6-10/h2-7H,1H3. The van der Waals surface area contributed by atoms with Gasteiger partial charge in [0.25, 0.3) is 0 Å². The van der Waals surface area contributed by atoms with Crippen molar-refractivity contribution < 1.29 is 9.53 Å². The third kappa shape index (κ3) is 2.94. The first-order chi connectivity index (χ1) is 6.22. The summed E-state index contributed by atoms with van der Waals surface area (Å²) in [4.78, 5) is 21.4. The van der Waals surface area contributed by atoms with E-state index < -0.39 is 5.97 Å². The van der Waals surface area contributed by atoms with E-state index in [1.54, 1.807) is 17.0 Å². The maximum atomic E-state index is 10.7. The van der Waals surface area contributed by atoms with Crippen LogP contribution in [0.5, 0.6) is 0 Å². The number of esters is 1. The van der Waals surface area contributed by atoms with Gasteiger partial charge in [-0.3, -0.25) is 4.79 Å². The smallest absolute Gasteiger partial charge is 0.331 e. The fourth-order valence-corrected chi connectivity index (χ4v) is 0.739. The van der Waals surface area contributed by atoms with E-state index in [1.165, 1.54) is 31.5 Å². The minimum atomic E-state index is -0.432. The third-order valence-electron chi connectivity index (χ3n) is 1.41. The lowest BCUT2D eigenvalue weighted by molar-refractivity contribution is -0.134. The number of pyridine rings is 1. The fraction of sp³-hybridized carbons (Fsp3) is 0.111. The van der Waals surface area contributed by atoms with Gasteiger partial charge in [0.1, 0.15) is 0 Å². The van der Waals surface area contributed by atoms with Crippen LogP contribution in [0.1, 0.15) is 0 Å². The fourth-order valence-electron chi connectivity index (χ4n) is 0.739. The molecule has 4 nitrogen and oxygen atoms in total. The minimum absolute atomic E-state index is 0.0669. The number of rotatable bonds is 2. The molecule has 0 unspecified atom stereocenters. The normalized spacial score (nSPS) is 10.2. The van der Waals surface area contributed by atoms with Crippen LogP contribution in [0.15, 0.2) is 35.4 Å². The van der Waals surface area contributed by atoms with Crippen molar-refractivity contribution in [2.75, 3.05) is 7.11 Å². The Morgan fingerprint density at radius 1 is 1.46 bits per heavy atom. The highest BCUT2D eigenvalue weighted by atomic mass is 16.5. The summed E-state index contributed by atoms with van der Waals surface area (Å²) >= 11 is 0. The van der Waals surface area contributed by atoms with Gasteiger partial charge in [0.05, 0.1) is 7.11 Å². The lowest BCUT2D eigenvalue weighted by Crippen LogP contribution is -2.00. The molecule has 0 aromatic carbocycles. The molecule has 0 spiro atoms. The zero-order valence-corrected chi connectivity index (χ0v) is 7.14.